The van der Waals surface area contributed by atoms with Crippen molar-refractivity contribution in [1.29, 1.82) is 0 Å². The zero-order valence-electron chi connectivity index (χ0n) is 30.8. The molecule has 0 aliphatic heterocycles. The van der Waals surface area contributed by atoms with E-state index in [0.717, 1.165) is 19.3 Å². The SMILES string of the molecule is CCCCCCCCCCCCCCCCCCCCCCCCCC(=O)NC(COC1CC(C)C(O)C(O)C1O)C(O)C(O)CC. The first kappa shape index (κ1) is 44.3. The van der Waals surface area contributed by atoms with Crippen LogP contribution in [0.1, 0.15) is 188 Å². The van der Waals surface area contributed by atoms with Crippen LogP contribution in [0.5, 0.6) is 0 Å². The molecule has 280 valence electrons. The van der Waals surface area contributed by atoms with Crippen molar-refractivity contribution in [2.45, 2.75) is 230 Å². The van der Waals surface area contributed by atoms with Gasteiger partial charge in [0.15, 0.2) is 0 Å². The number of nitrogens with one attached hydrogen (secondary N) is 1. The molecule has 0 aromatic carbocycles. The Hall–Kier alpha value is -0.770. The van der Waals surface area contributed by atoms with Gasteiger partial charge in [-0.25, -0.2) is 0 Å². The summed E-state index contributed by atoms with van der Waals surface area (Å²) in [6.45, 7) is 5.69. The smallest absolute Gasteiger partial charge is 0.220 e. The van der Waals surface area contributed by atoms with Crippen LogP contribution in [0.25, 0.3) is 0 Å². The Balaban J connectivity index is 2.03. The number of unbranched alkanes of at least 4 members (excludes halogenated alkanes) is 22. The largest absolute Gasteiger partial charge is 0.390 e. The highest BCUT2D eigenvalue weighted by molar-refractivity contribution is 5.76. The number of hydrogen-bond acceptors (Lipinski definition) is 7. The van der Waals surface area contributed by atoms with Gasteiger partial charge in [-0.1, -0.05) is 162 Å². The Labute approximate surface area is 288 Å². The van der Waals surface area contributed by atoms with Gasteiger partial charge in [0.2, 0.25) is 5.91 Å². The number of amides is 1. The molecule has 47 heavy (non-hydrogen) atoms. The number of hydrogen-bond donors (Lipinski definition) is 6. The van der Waals surface area contributed by atoms with E-state index in [-0.39, 0.29) is 18.4 Å². The van der Waals surface area contributed by atoms with E-state index >= 15 is 0 Å². The molecule has 0 spiro atoms. The van der Waals surface area contributed by atoms with Gasteiger partial charge < -0.3 is 35.6 Å². The summed E-state index contributed by atoms with van der Waals surface area (Å²) in [6.07, 6.45) is 24.9. The lowest BCUT2D eigenvalue weighted by Gasteiger charge is -2.39. The topological polar surface area (TPSA) is 139 Å². The highest BCUT2D eigenvalue weighted by Gasteiger charge is 2.42. The Morgan fingerprint density at radius 2 is 1.04 bits per heavy atom. The molecule has 0 aromatic heterocycles. The third kappa shape index (κ3) is 21.1. The van der Waals surface area contributed by atoms with E-state index in [1.807, 2.05) is 0 Å². The molecule has 8 unspecified atom stereocenters. The van der Waals surface area contributed by atoms with Crippen molar-refractivity contribution in [1.82, 2.24) is 5.32 Å². The third-order valence-corrected chi connectivity index (χ3v) is 10.3. The van der Waals surface area contributed by atoms with Crippen LogP contribution in [0.2, 0.25) is 0 Å². The molecule has 0 bridgehead atoms. The van der Waals surface area contributed by atoms with Crippen molar-refractivity contribution in [2.75, 3.05) is 6.61 Å². The molecule has 1 aliphatic carbocycles. The number of aliphatic hydroxyl groups excluding tert-OH is 5. The summed E-state index contributed by atoms with van der Waals surface area (Å²) in [5.41, 5.74) is 0. The lowest BCUT2D eigenvalue weighted by atomic mass is 9.82. The lowest BCUT2D eigenvalue weighted by Crippen LogP contribution is -2.56. The lowest BCUT2D eigenvalue weighted by molar-refractivity contribution is -0.175. The molecule has 0 heterocycles. The minimum Gasteiger partial charge on any atom is -0.390 e. The predicted molar refractivity (Wildman–Crippen MR) is 192 cm³/mol. The van der Waals surface area contributed by atoms with Crippen LogP contribution in [0.15, 0.2) is 0 Å². The van der Waals surface area contributed by atoms with Gasteiger partial charge in [0.1, 0.15) is 18.3 Å². The summed E-state index contributed by atoms with van der Waals surface area (Å²) in [5, 5.41) is 54.1. The minimum atomic E-state index is -1.32. The van der Waals surface area contributed by atoms with Gasteiger partial charge in [0.25, 0.3) is 0 Å². The first-order valence-corrected chi connectivity index (χ1v) is 20.0. The van der Waals surface area contributed by atoms with Crippen LogP contribution < -0.4 is 5.32 Å². The second kappa shape index (κ2) is 29.0. The van der Waals surface area contributed by atoms with Crippen LogP contribution in [0.3, 0.4) is 0 Å². The summed E-state index contributed by atoms with van der Waals surface area (Å²) >= 11 is 0. The summed E-state index contributed by atoms with van der Waals surface area (Å²) in [4.78, 5) is 12.7. The van der Waals surface area contributed by atoms with Crippen molar-refractivity contribution in [3.63, 3.8) is 0 Å². The van der Waals surface area contributed by atoms with E-state index in [9.17, 15) is 30.3 Å². The average Bonchev–Trinajstić information content (AvgIpc) is 3.07. The highest BCUT2D eigenvalue weighted by Crippen LogP contribution is 2.28. The molecule has 8 atom stereocenters. The minimum absolute atomic E-state index is 0.110. The van der Waals surface area contributed by atoms with Gasteiger partial charge in [-0.05, 0) is 25.2 Å². The Bertz CT molecular complexity index is 725. The van der Waals surface area contributed by atoms with Gasteiger partial charge in [0, 0.05) is 6.42 Å². The number of ether oxygens (including phenoxy) is 1. The fourth-order valence-electron chi connectivity index (χ4n) is 6.88. The second-order valence-electron chi connectivity index (χ2n) is 14.7. The fourth-order valence-corrected chi connectivity index (χ4v) is 6.88. The molecule has 0 radical (unpaired) electrons. The first-order chi connectivity index (χ1) is 22.7. The van der Waals surface area contributed by atoms with Crippen LogP contribution in [0.4, 0.5) is 0 Å². The summed E-state index contributed by atoms with van der Waals surface area (Å²) in [7, 11) is 0. The van der Waals surface area contributed by atoms with Gasteiger partial charge >= 0.3 is 0 Å². The zero-order valence-corrected chi connectivity index (χ0v) is 30.8. The maximum atomic E-state index is 12.7. The van der Waals surface area contributed by atoms with E-state index in [4.69, 9.17) is 4.74 Å². The van der Waals surface area contributed by atoms with Crippen LogP contribution in [0, 0.1) is 5.92 Å². The van der Waals surface area contributed by atoms with Crippen LogP contribution in [-0.2, 0) is 9.53 Å². The molecule has 1 aliphatic rings. The number of aliphatic hydroxyl groups is 5. The molecular formula is C39H77NO7. The van der Waals surface area contributed by atoms with E-state index in [0.29, 0.717) is 19.3 Å². The number of carbonyl (C=O) groups excluding carboxylic acids is 1. The molecule has 1 saturated carbocycles. The van der Waals surface area contributed by atoms with Crippen LogP contribution in [-0.4, -0.2) is 80.7 Å². The van der Waals surface area contributed by atoms with E-state index in [1.54, 1.807) is 13.8 Å². The van der Waals surface area contributed by atoms with E-state index < -0.39 is 42.7 Å². The number of carbonyl (C=O) groups is 1. The van der Waals surface area contributed by atoms with Gasteiger partial charge in [0.05, 0.1) is 31.0 Å². The van der Waals surface area contributed by atoms with Crippen LogP contribution >= 0.6 is 0 Å². The number of rotatable bonds is 31. The Morgan fingerprint density at radius 3 is 1.45 bits per heavy atom. The van der Waals surface area contributed by atoms with Crippen molar-refractivity contribution in [3.05, 3.63) is 0 Å². The molecule has 6 N–H and O–H groups in total. The summed E-state index contributed by atoms with van der Waals surface area (Å²) in [5.74, 6) is -0.464. The molecular weight excluding hydrogens is 594 g/mol. The molecule has 0 aromatic rings. The molecule has 0 saturated heterocycles. The zero-order chi connectivity index (χ0) is 34.7. The maximum Gasteiger partial charge on any atom is 0.220 e. The van der Waals surface area contributed by atoms with Gasteiger partial charge in [-0.2, -0.15) is 0 Å². The second-order valence-corrected chi connectivity index (χ2v) is 14.7. The molecule has 1 rings (SSSR count). The quantitative estimate of drug-likeness (QED) is 0.0420. The molecule has 8 nitrogen and oxygen atoms in total. The standard InChI is InChI=1S/C39H77NO7/c1-4-6-7-8-9-10-11-12-13-14-15-16-17-18-19-20-21-22-23-24-25-26-27-28-35(42)40-32(37(44)33(41)5-2)30-47-34-29-31(3)36(43)39(46)38(34)45/h31-34,36-39,41,43-46H,4-30H2,1-3H3,(H,40,42). The first-order valence-electron chi connectivity index (χ1n) is 20.0. The van der Waals surface area contributed by atoms with Crippen molar-refractivity contribution < 1.29 is 35.1 Å². The summed E-state index contributed by atoms with van der Waals surface area (Å²) < 4.78 is 5.81. The van der Waals surface area contributed by atoms with Crippen molar-refractivity contribution in [3.8, 4) is 0 Å². The fraction of sp³-hybridized carbons (Fsp3) is 0.974. The Morgan fingerprint density at radius 1 is 0.638 bits per heavy atom. The molecule has 1 amide bonds. The maximum absolute atomic E-state index is 12.7. The van der Waals surface area contributed by atoms with E-state index in [1.165, 1.54) is 128 Å². The Kier molecular flexibility index (Phi) is 27.3. The van der Waals surface area contributed by atoms with Gasteiger partial charge in [-0.3, -0.25) is 4.79 Å². The monoisotopic (exact) mass is 672 g/mol. The van der Waals surface area contributed by atoms with Gasteiger partial charge in [-0.15, -0.1) is 0 Å². The molecule has 1 fully saturated rings. The normalized spacial score (nSPS) is 23.4. The highest BCUT2D eigenvalue weighted by atomic mass is 16.5. The average molecular weight is 672 g/mol. The van der Waals surface area contributed by atoms with Crippen molar-refractivity contribution >= 4 is 5.91 Å². The van der Waals surface area contributed by atoms with E-state index in [2.05, 4.69) is 12.2 Å². The summed E-state index contributed by atoms with van der Waals surface area (Å²) in [6, 6.07) is -0.839. The molecule has 8 heteroatoms. The predicted octanol–water partition coefficient (Wildman–Crippen LogP) is 7.49. The van der Waals surface area contributed by atoms with Crippen molar-refractivity contribution in [2.24, 2.45) is 5.92 Å². The third-order valence-electron chi connectivity index (χ3n) is 10.3.